The van der Waals surface area contributed by atoms with Crippen LogP contribution in [0.4, 0.5) is 0 Å². The number of morpholine rings is 1. The lowest BCUT2D eigenvalue weighted by Gasteiger charge is -2.30. The van der Waals surface area contributed by atoms with Crippen molar-refractivity contribution in [1.29, 1.82) is 0 Å². The molecule has 0 saturated carbocycles. The minimum atomic E-state index is -0.595. The smallest absolute Gasteiger partial charge is 0.340 e. The van der Waals surface area contributed by atoms with Gasteiger partial charge < -0.3 is 14.2 Å². The van der Waals surface area contributed by atoms with Crippen molar-refractivity contribution in [3.8, 4) is 0 Å². The van der Waals surface area contributed by atoms with Crippen LogP contribution >= 0.6 is 136 Å². The number of ether oxygens (including phenoxy) is 3. The van der Waals surface area contributed by atoms with Crippen LogP contribution in [0.3, 0.4) is 0 Å². The zero-order chi connectivity index (χ0) is 24.1. The molecule has 178 valence electrons. The number of carbonyl (C=O) groups is 2. The average molecular weight is 1120 g/mol. The van der Waals surface area contributed by atoms with E-state index >= 15 is 0 Å². The summed E-state index contributed by atoms with van der Waals surface area (Å²) in [4.78, 5) is 28.2. The highest BCUT2D eigenvalue weighted by molar-refractivity contribution is 14.1. The standard InChI is InChI=1S/C21H17I6NO5/c22-12-1-3-14(24)18(26)16(12)20(29)32-10-11(9-28-5-7-31-8-6-28)33-21(30)17-13(23)2-4-15(25)19(17)27/h1-4,11H,5-10H2. The molecule has 0 bridgehead atoms. The molecule has 0 aliphatic carbocycles. The van der Waals surface area contributed by atoms with E-state index in [9.17, 15) is 9.59 Å². The van der Waals surface area contributed by atoms with Gasteiger partial charge in [0.05, 0.1) is 24.3 Å². The third-order valence-corrected chi connectivity index (χ3v) is 12.6. The molecule has 0 aromatic heterocycles. The molecule has 3 rings (SSSR count). The van der Waals surface area contributed by atoms with Gasteiger partial charge in [0, 0.05) is 41.1 Å². The number of carbonyl (C=O) groups excluding carboxylic acids is 2. The fourth-order valence-corrected chi connectivity index (χ4v) is 7.73. The lowest BCUT2D eigenvalue weighted by Crippen LogP contribution is -2.44. The fraction of sp³-hybridized carbons (Fsp3) is 0.333. The summed E-state index contributed by atoms with van der Waals surface area (Å²) in [6.07, 6.45) is -0.595. The van der Waals surface area contributed by atoms with Crippen LogP contribution in [0.2, 0.25) is 0 Å². The van der Waals surface area contributed by atoms with Gasteiger partial charge in [-0.25, -0.2) is 9.59 Å². The first kappa shape index (κ1) is 29.2. The van der Waals surface area contributed by atoms with Crippen LogP contribution in [0.15, 0.2) is 24.3 Å². The summed E-state index contributed by atoms with van der Waals surface area (Å²) in [7, 11) is 0. The third kappa shape index (κ3) is 8.08. The molecule has 0 radical (unpaired) electrons. The summed E-state index contributed by atoms with van der Waals surface area (Å²) in [6.45, 7) is 3.20. The Labute approximate surface area is 274 Å². The monoisotopic (exact) mass is 1120 g/mol. The van der Waals surface area contributed by atoms with E-state index in [1.54, 1.807) is 0 Å². The van der Waals surface area contributed by atoms with E-state index in [0.717, 1.165) is 34.5 Å². The first-order valence-electron chi connectivity index (χ1n) is 9.64. The van der Waals surface area contributed by atoms with Gasteiger partial charge in [-0.3, -0.25) is 4.90 Å². The van der Waals surface area contributed by atoms with Crippen LogP contribution < -0.4 is 0 Å². The topological polar surface area (TPSA) is 65.1 Å². The lowest BCUT2D eigenvalue weighted by molar-refractivity contribution is -0.0262. The summed E-state index contributed by atoms with van der Waals surface area (Å²) in [5, 5.41) is 0. The van der Waals surface area contributed by atoms with Crippen molar-refractivity contribution < 1.29 is 23.8 Å². The number of nitrogens with zero attached hydrogens (tertiary/aromatic N) is 1. The predicted molar refractivity (Wildman–Crippen MR) is 176 cm³/mol. The third-order valence-electron chi connectivity index (χ3n) is 4.74. The van der Waals surface area contributed by atoms with E-state index in [1.165, 1.54) is 0 Å². The Morgan fingerprint density at radius 3 is 1.85 bits per heavy atom. The van der Waals surface area contributed by atoms with Crippen molar-refractivity contribution in [2.75, 3.05) is 39.5 Å². The number of halogens is 6. The Kier molecular flexibility index (Phi) is 12.4. The maximum atomic E-state index is 13.1. The van der Waals surface area contributed by atoms with Crippen LogP contribution in [0, 0.1) is 21.4 Å². The van der Waals surface area contributed by atoms with Crippen molar-refractivity contribution in [1.82, 2.24) is 4.90 Å². The Bertz CT molecular complexity index is 1040. The Balaban J connectivity index is 1.77. The molecule has 1 atom stereocenters. The first-order valence-corrected chi connectivity index (χ1v) is 16.1. The van der Waals surface area contributed by atoms with Gasteiger partial charge in [0.1, 0.15) is 12.7 Å². The number of esters is 2. The van der Waals surface area contributed by atoms with Gasteiger partial charge in [0.15, 0.2) is 0 Å². The highest BCUT2D eigenvalue weighted by atomic mass is 127. The Morgan fingerprint density at radius 1 is 0.818 bits per heavy atom. The molecule has 1 saturated heterocycles. The first-order chi connectivity index (χ1) is 15.7. The van der Waals surface area contributed by atoms with E-state index in [4.69, 9.17) is 14.2 Å². The quantitative estimate of drug-likeness (QED) is 0.192. The maximum absolute atomic E-state index is 13.1. The lowest BCUT2D eigenvalue weighted by atomic mass is 10.2. The molecule has 1 heterocycles. The van der Waals surface area contributed by atoms with Crippen LogP contribution in [-0.4, -0.2) is 62.4 Å². The minimum absolute atomic E-state index is 0.0172. The zero-order valence-electron chi connectivity index (χ0n) is 16.9. The molecule has 2 aromatic carbocycles. The number of rotatable bonds is 7. The van der Waals surface area contributed by atoms with Crippen molar-refractivity contribution in [2.24, 2.45) is 0 Å². The molecule has 0 N–H and O–H groups in total. The second-order valence-corrected chi connectivity index (χ2v) is 13.8. The summed E-state index contributed by atoms with van der Waals surface area (Å²) < 4.78 is 22.4. The predicted octanol–water partition coefficient (Wildman–Crippen LogP) is 6.03. The van der Waals surface area contributed by atoms with Crippen LogP contribution in [0.1, 0.15) is 20.7 Å². The minimum Gasteiger partial charge on any atom is -0.458 e. The molecule has 1 fully saturated rings. The molecule has 1 aliphatic rings. The van der Waals surface area contributed by atoms with Crippen molar-refractivity contribution >= 4 is 147 Å². The fourth-order valence-electron chi connectivity index (χ4n) is 3.08. The van der Waals surface area contributed by atoms with E-state index in [1.807, 2.05) is 24.3 Å². The molecule has 12 heteroatoms. The van der Waals surface area contributed by atoms with Crippen LogP contribution in [-0.2, 0) is 14.2 Å². The highest BCUT2D eigenvalue weighted by Crippen LogP contribution is 2.27. The summed E-state index contributed by atoms with van der Waals surface area (Å²) in [6, 6.07) is 7.74. The van der Waals surface area contributed by atoms with Gasteiger partial charge in [-0.05, 0) is 160 Å². The molecule has 0 amide bonds. The highest BCUT2D eigenvalue weighted by Gasteiger charge is 2.26. The molecule has 0 spiro atoms. The Morgan fingerprint density at radius 2 is 1.30 bits per heavy atom. The van der Waals surface area contributed by atoms with Gasteiger partial charge in [0.2, 0.25) is 0 Å². The maximum Gasteiger partial charge on any atom is 0.340 e. The molecule has 6 nitrogen and oxygen atoms in total. The zero-order valence-corrected chi connectivity index (χ0v) is 29.8. The van der Waals surface area contributed by atoms with Crippen LogP contribution in [0.5, 0.6) is 0 Å². The number of benzene rings is 2. The van der Waals surface area contributed by atoms with Gasteiger partial charge in [0.25, 0.3) is 0 Å². The van der Waals surface area contributed by atoms with Crippen molar-refractivity contribution in [2.45, 2.75) is 6.10 Å². The number of hydrogen-bond donors (Lipinski definition) is 0. The van der Waals surface area contributed by atoms with Crippen molar-refractivity contribution in [3.05, 3.63) is 56.8 Å². The SMILES string of the molecule is O=C(OCC(CN1CCOCC1)OC(=O)c1c(I)ccc(I)c1I)c1c(I)ccc(I)c1I. The van der Waals surface area contributed by atoms with Crippen LogP contribution in [0.25, 0.3) is 0 Å². The number of hydrogen-bond acceptors (Lipinski definition) is 6. The van der Waals surface area contributed by atoms with E-state index in [-0.39, 0.29) is 6.61 Å². The van der Waals surface area contributed by atoms with Gasteiger partial charge in [-0.15, -0.1) is 0 Å². The van der Waals surface area contributed by atoms with Gasteiger partial charge >= 0.3 is 11.9 Å². The summed E-state index contributed by atoms with van der Waals surface area (Å²) in [5.74, 6) is -0.821. The largest absolute Gasteiger partial charge is 0.458 e. The molecule has 33 heavy (non-hydrogen) atoms. The van der Waals surface area contributed by atoms with E-state index in [2.05, 4.69) is 140 Å². The average Bonchev–Trinajstić information content (AvgIpc) is 2.78. The summed E-state index contributed by atoms with van der Waals surface area (Å²) in [5.41, 5.74) is 1.09. The molecular weight excluding hydrogens is 1110 g/mol. The molecule has 1 aliphatic heterocycles. The van der Waals surface area contributed by atoms with E-state index in [0.29, 0.717) is 30.9 Å². The molecule has 2 aromatic rings. The second kappa shape index (κ2) is 14.0. The second-order valence-electron chi connectivity index (χ2n) is 6.98. The van der Waals surface area contributed by atoms with Crippen molar-refractivity contribution in [3.63, 3.8) is 0 Å². The van der Waals surface area contributed by atoms with Gasteiger partial charge in [-0.2, -0.15) is 0 Å². The molecule has 1 unspecified atom stereocenters. The van der Waals surface area contributed by atoms with E-state index < -0.39 is 18.0 Å². The molecular formula is C21H17I6NO5. The summed E-state index contributed by atoms with van der Waals surface area (Å²) >= 11 is 13.0. The normalized spacial score (nSPS) is 15.2. The van der Waals surface area contributed by atoms with Gasteiger partial charge in [-0.1, -0.05) is 0 Å². The Hall–Kier alpha value is 1.68.